The van der Waals surface area contributed by atoms with Crippen molar-refractivity contribution >= 4 is 5.71 Å². The molecule has 3 aromatic carbocycles. The molecule has 2 atom stereocenters. The van der Waals surface area contributed by atoms with E-state index in [2.05, 4.69) is 11.1 Å². The molecule has 0 spiro atoms. The fraction of sp³-hybridized carbons (Fsp3) is 0.240. The van der Waals surface area contributed by atoms with Gasteiger partial charge in [-0.05, 0) is 54.1 Å². The number of ether oxygens (including phenoxy) is 4. The minimum Gasteiger partial charge on any atom is -0.497 e. The molecule has 0 bridgehead atoms. The van der Waals surface area contributed by atoms with Gasteiger partial charge in [0.05, 0.1) is 33.1 Å². The summed E-state index contributed by atoms with van der Waals surface area (Å²) in [7, 11) is 4.94. The second kappa shape index (κ2) is 7.87. The summed E-state index contributed by atoms with van der Waals surface area (Å²) >= 11 is 0. The van der Waals surface area contributed by atoms with Crippen molar-refractivity contribution in [1.82, 2.24) is 5.01 Å². The van der Waals surface area contributed by atoms with Crippen LogP contribution in [-0.2, 0) is 0 Å². The van der Waals surface area contributed by atoms with Gasteiger partial charge in [-0.2, -0.15) is 5.10 Å². The second-order valence-corrected chi connectivity index (χ2v) is 7.50. The quantitative estimate of drug-likeness (QED) is 0.589. The molecule has 158 valence electrons. The molecule has 0 unspecified atom stereocenters. The highest BCUT2D eigenvalue weighted by molar-refractivity contribution is 6.02. The van der Waals surface area contributed by atoms with Gasteiger partial charge in [0.25, 0.3) is 0 Å². The molecule has 0 radical (unpaired) electrons. The van der Waals surface area contributed by atoms with Crippen molar-refractivity contribution < 1.29 is 18.9 Å². The molecule has 0 amide bonds. The summed E-state index contributed by atoms with van der Waals surface area (Å²) in [5.41, 5.74) is 4.21. The molecular weight excluding hydrogens is 392 g/mol. The predicted octanol–water partition coefficient (Wildman–Crippen LogP) is 4.95. The van der Waals surface area contributed by atoms with Crippen LogP contribution < -0.4 is 18.9 Å². The molecule has 2 aliphatic heterocycles. The maximum Gasteiger partial charge on any atom is 0.214 e. The third kappa shape index (κ3) is 3.34. The number of para-hydroxylation sites is 1. The fourth-order valence-corrected chi connectivity index (χ4v) is 4.22. The van der Waals surface area contributed by atoms with E-state index in [0.29, 0.717) is 11.5 Å². The van der Waals surface area contributed by atoms with E-state index in [1.54, 1.807) is 21.3 Å². The van der Waals surface area contributed by atoms with E-state index in [0.717, 1.165) is 40.3 Å². The highest BCUT2D eigenvalue weighted by atomic mass is 16.5. The van der Waals surface area contributed by atoms with Gasteiger partial charge in [0.1, 0.15) is 11.5 Å². The number of hydrogen-bond acceptors (Lipinski definition) is 6. The van der Waals surface area contributed by atoms with E-state index in [1.165, 1.54) is 0 Å². The number of rotatable bonds is 5. The van der Waals surface area contributed by atoms with Gasteiger partial charge in [0.15, 0.2) is 11.5 Å². The van der Waals surface area contributed by atoms with Crippen LogP contribution in [0.1, 0.15) is 35.4 Å². The third-order valence-electron chi connectivity index (χ3n) is 5.82. The first kappa shape index (κ1) is 19.3. The van der Waals surface area contributed by atoms with Gasteiger partial charge in [-0.1, -0.05) is 18.2 Å². The Morgan fingerprint density at radius 1 is 0.871 bits per heavy atom. The number of benzene rings is 3. The van der Waals surface area contributed by atoms with Crippen LogP contribution in [0, 0.1) is 0 Å². The summed E-state index contributed by atoms with van der Waals surface area (Å²) in [4.78, 5) is 0. The zero-order valence-corrected chi connectivity index (χ0v) is 17.7. The van der Waals surface area contributed by atoms with E-state index < -0.39 is 0 Å². The molecular formula is C25H24N2O4. The molecule has 0 saturated heterocycles. The van der Waals surface area contributed by atoms with E-state index >= 15 is 0 Å². The minimum atomic E-state index is -0.365. The number of hydrogen-bond donors (Lipinski definition) is 0. The molecule has 0 aromatic heterocycles. The Kier molecular flexibility index (Phi) is 4.90. The second-order valence-electron chi connectivity index (χ2n) is 7.50. The number of nitrogens with zero attached hydrogens (tertiary/aromatic N) is 2. The molecule has 5 rings (SSSR count). The molecule has 31 heavy (non-hydrogen) atoms. The standard InChI is InChI=1S/C25H24N2O4/c1-28-18-11-8-16(9-12-18)20-15-21-19-6-4-5-7-22(19)31-25(27(21)26-20)17-10-13-23(29-2)24(14-17)30-3/h4-14,21,25H,15H2,1-3H3/t21-,25-/m1/s1. The van der Waals surface area contributed by atoms with Crippen LogP contribution in [0.15, 0.2) is 71.8 Å². The highest BCUT2D eigenvalue weighted by Gasteiger charge is 2.41. The van der Waals surface area contributed by atoms with Crippen molar-refractivity contribution in [2.75, 3.05) is 21.3 Å². The van der Waals surface area contributed by atoms with E-state index in [-0.39, 0.29) is 12.3 Å². The molecule has 6 heteroatoms. The summed E-state index contributed by atoms with van der Waals surface area (Å²) in [5.74, 6) is 3.06. The largest absolute Gasteiger partial charge is 0.497 e. The van der Waals surface area contributed by atoms with E-state index in [9.17, 15) is 0 Å². The molecule has 0 saturated carbocycles. The zero-order chi connectivity index (χ0) is 21.4. The Labute approximate surface area is 181 Å². The maximum atomic E-state index is 6.43. The average molecular weight is 416 g/mol. The lowest BCUT2D eigenvalue weighted by Gasteiger charge is -2.38. The lowest BCUT2D eigenvalue weighted by atomic mass is 9.96. The van der Waals surface area contributed by atoms with Crippen molar-refractivity contribution in [3.63, 3.8) is 0 Å². The Morgan fingerprint density at radius 2 is 1.65 bits per heavy atom. The van der Waals surface area contributed by atoms with Crippen LogP contribution in [0.5, 0.6) is 23.0 Å². The summed E-state index contributed by atoms with van der Waals surface area (Å²) in [5, 5.41) is 7.06. The van der Waals surface area contributed by atoms with Gasteiger partial charge >= 0.3 is 0 Å². The van der Waals surface area contributed by atoms with Crippen LogP contribution in [0.25, 0.3) is 0 Å². The summed E-state index contributed by atoms with van der Waals surface area (Å²) in [6.45, 7) is 0. The van der Waals surface area contributed by atoms with E-state index in [4.69, 9.17) is 24.0 Å². The first-order valence-electron chi connectivity index (χ1n) is 10.2. The zero-order valence-electron chi connectivity index (χ0n) is 17.7. The molecule has 3 aromatic rings. The highest BCUT2D eigenvalue weighted by Crippen LogP contribution is 2.48. The van der Waals surface area contributed by atoms with Gasteiger partial charge in [-0.15, -0.1) is 0 Å². The Balaban J connectivity index is 1.56. The van der Waals surface area contributed by atoms with Crippen molar-refractivity contribution in [2.45, 2.75) is 18.7 Å². The van der Waals surface area contributed by atoms with Crippen LogP contribution in [0.4, 0.5) is 0 Å². The molecule has 2 heterocycles. The van der Waals surface area contributed by atoms with Gasteiger partial charge < -0.3 is 18.9 Å². The lowest BCUT2D eigenvalue weighted by Crippen LogP contribution is -2.33. The maximum absolute atomic E-state index is 6.43. The molecule has 0 aliphatic carbocycles. The average Bonchev–Trinajstić information content (AvgIpc) is 3.29. The Morgan fingerprint density at radius 3 is 2.39 bits per heavy atom. The minimum absolute atomic E-state index is 0.0974. The molecule has 0 N–H and O–H groups in total. The van der Waals surface area contributed by atoms with Gasteiger partial charge in [0, 0.05) is 17.5 Å². The van der Waals surface area contributed by atoms with Gasteiger partial charge in [-0.3, -0.25) is 0 Å². The lowest BCUT2D eigenvalue weighted by molar-refractivity contribution is -0.0191. The third-order valence-corrected chi connectivity index (χ3v) is 5.82. The fourth-order valence-electron chi connectivity index (χ4n) is 4.22. The van der Waals surface area contributed by atoms with E-state index in [1.807, 2.05) is 60.7 Å². The van der Waals surface area contributed by atoms with Crippen molar-refractivity contribution in [2.24, 2.45) is 5.10 Å². The first-order chi connectivity index (χ1) is 15.2. The SMILES string of the molecule is COc1ccc(C2=NN3[C@H](C2)c2ccccc2O[C@@H]3c2ccc(OC)c(OC)c2)cc1. The molecule has 0 fully saturated rings. The first-order valence-corrected chi connectivity index (χ1v) is 10.2. The predicted molar refractivity (Wildman–Crippen MR) is 118 cm³/mol. The summed E-state index contributed by atoms with van der Waals surface area (Å²) in [6, 6.07) is 22.2. The molecule has 2 aliphatic rings. The number of methoxy groups -OCH3 is 3. The van der Waals surface area contributed by atoms with Crippen molar-refractivity contribution in [1.29, 1.82) is 0 Å². The van der Waals surface area contributed by atoms with Crippen LogP contribution in [0.3, 0.4) is 0 Å². The van der Waals surface area contributed by atoms with Gasteiger partial charge in [0.2, 0.25) is 6.23 Å². The Hall–Kier alpha value is -3.67. The summed E-state index contributed by atoms with van der Waals surface area (Å²) in [6.07, 6.45) is 0.437. The molecule has 6 nitrogen and oxygen atoms in total. The van der Waals surface area contributed by atoms with Crippen molar-refractivity contribution in [3.05, 3.63) is 83.4 Å². The Bertz CT molecular complexity index is 1130. The normalized spacial score (nSPS) is 19.1. The summed E-state index contributed by atoms with van der Waals surface area (Å²) < 4.78 is 22.6. The van der Waals surface area contributed by atoms with Crippen LogP contribution >= 0.6 is 0 Å². The smallest absolute Gasteiger partial charge is 0.214 e. The van der Waals surface area contributed by atoms with Crippen molar-refractivity contribution in [3.8, 4) is 23.0 Å². The number of hydrazone groups is 1. The van der Waals surface area contributed by atoms with Gasteiger partial charge in [-0.25, -0.2) is 5.01 Å². The van der Waals surface area contributed by atoms with Crippen LogP contribution in [-0.4, -0.2) is 32.0 Å². The number of fused-ring (bicyclic) bond motifs is 3. The monoisotopic (exact) mass is 416 g/mol. The van der Waals surface area contributed by atoms with Crippen LogP contribution in [0.2, 0.25) is 0 Å². The topological polar surface area (TPSA) is 52.5 Å².